The standard InChI is InChI=1S/C15H22ClN3O4/c1-15(2,3)23-14(21)19(8-7-17)13(20)18-11-9-10(16)5-6-12(11)22-4/h5-6,9H,7-8,17H2,1-4H3,(H,18,20). The van der Waals surface area contributed by atoms with Gasteiger partial charge in [-0.1, -0.05) is 11.6 Å². The second kappa shape index (κ2) is 8.03. The van der Waals surface area contributed by atoms with E-state index in [1.165, 1.54) is 13.2 Å². The number of urea groups is 1. The van der Waals surface area contributed by atoms with E-state index in [9.17, 15) is 9.59 Å². The number of rotatable bonds is 4. The Morgan fingerprint density at radius 2 is 2.00 bits per heavy atom. The van der Waals surface area contributed by atoms with Crippen LogP contribution in [0.25, 0.3) is 0 Å². The number of amides is 3. The van der Waals surface area contributed by atoms with Gasteiger partial charge in [0.1, 0.15) is 11.4 Å². The normalized spacial score (nSPS) is 10.9. The minimum atomic E-state index is -0.776. The Morgan fingerprint density at radius 3 is 2.52 bits per heavy atom. The minimum Gasteiger partial charge on any atom is -0.495 e. The molecule has 1 aromatic rings. The summed E-state index contributed by atoms with van der Waals surface area (Å²) in [5.74, 6) is 0.416. The molecule has 23 heavy (non-hydrogen) atoms. The van der Waals surface area contributed by atoms with Crippen molar-refractivity contribution in [1.29, 1.82) is 0 Å². The maximum atomic E-state index is 12.4. The van der Waals surface area contributed by atoms with Crippen LogP contribution in [0.4, 0.5) is 15.3 Å². The summed E-state index contributed by atoms with van der Waals surface area (Å²) in [4.78, 5) is 25.4. The van der Waals surface area contributed by atoms with Crippen LogP contribution in [0.1, 0.15) is 20.8 Å². The van der Waals surface area contributed by atoms with Crippen molar-refractivity contribution in [3.8, 4) is 5.75 Å². The second-order valence-corrected chi connectivity index (χ2v) is 6.13. The fraction of sp³-hybridized carbons (Fsp3) is 0.467. The van der Waals surface area contributed by atoms with E-state index in [-0.39, 0.29) is 13.1 Å². The van der Waals surface area contributed by atoms with Crippen molar-refractivity contribution in [2.24, 2.45) is 5.73 Å². The first-order valence-electron chi connectivity index (χ1n) is 7.03. The summed E-state index contributed by atoms with van der Waals surface area (Å²) in [6, 6.07) is 4.08. The third-order valence-corrected chi connectivity index (χ3v) is 2.85. The second-order valence-electron chi connectivity index (χ2n) is 5.70. The summed E-state index contributed by atoms with van der Waals surface area (Å²) < 4.78 is 10.4. The fourth-order valence-corrected chi connectivity index (χ4v) is 1.85. The number of nitrogens with one attached hydrogen (secondary N) is 1. The van der Waals surface area contributed by atoms with Gasteiger partial charge in [0, 0.05) is 18.1 Å². The molecule has 0 bridgehead atoms. The monoisotopic (exact) mass is 343 g/mol. The molecule has 0 aromatic heterocycles. The van der Waals surface area contributed by atoms with Crippen LogP contribution in [0, 0.1) is 0 Å². The molecular formula is C15H22ClN3O4. The van der Waals surface area contributed by atoms with Crippen molar-refractivity contribution in [1.82, 2.24) is 4.90 Å². The van der Waals surface area contributed by atoms with Crippen LogP contribution in [0.3, 0.4) is 0 Å². The number of hydrogen-bond acceptors (Lipinski definition) is 5. The number of carbonyl (C=O) groups excluding carboxylic acids is 2. The minimum absolute atomic E-state index is 0.0175. The number of halogens is 1. The molecule has 0 radical (unpaired) electrons. The van der Waals surface area contributed by atoms with Gasteiger partial charge in [-0.25, -0.2) is 14.5 Å². The molecule has 0 aliphatic carbocycles. The van der Waals surface area contributed by atoms with Gasteiger partial charge in [-0.3, -0.25) is 0 Å². The van der Waals surface area contributed by atoms with Crippen molar-refractivity contribution in [3.05, 3.63) is 23.2 Å². The SMILES string of the molecule is COc1ccc(Cl)cc1NC(=O)N(CCN)C(=O)OC(C)(C)C. The van der Waals surface area contributed by atoms with E-state index in [2.05, 4.69) is 5.32 Å². The van der Waals surface area contributed by atoms with Crippen LogP contribution in [-0.4, -0.2) is 42.8 Å². The van der Waals surface area contributed by atoms with Crippen molar-refractivity contribution in [2.75, 3.05) is 25.5 Å². The first-order chi connectivity index (χ1) is 10.7. The highest BCUT2D eigenvalue weighted by atomic mass is 35.5. The molecule has 1 aromatic carbocycles. The summed E-state index contributed by atoms with van der Waals surface area (Å²) in [6.07, 6.45) is -0.776. The zero-order valence-electron chi connectivity index (χ0n) is 13.7. The van der Waals surface area contributed by atoms with Crippen molar-refractivity contribution in [3.63, 3.8) is 0 Å². The molecule has 7 nitrogen and oxygen atoms in total. The number of imide groups is 1. The molecule has 0 heterocycles. The van der Waals surface area contributed by atoms with Gasteiger partial charge in [0.2, 0.25) is 0 Å². The lowest BCUT2D eigenvalue weighted by molar-refractivity contribution is 0.0337. The molecule has 0 spiro atoms. The number of anilines is 1. The van der Waals surface area contributed by atoms with Gasteiger partial charge in [0.05, 0.1) is 12.8 Å². The van der Waals surface area contributed by atoms with Gasteiger partial charge in [0.15, 0.2) is 0 Å². The van der Waals surface area contributed by atoms with E-state index in [1.54, 1.807) is 32.9 Å². The smallest absolute Gasteiger partial charge is 0.418 e. The molecule has 3 N–H and O–H groups in total. The van der Waals surface area contributed by atoms with E-state index in [0.29, 0.717) is 16.5 Å². The van der Waals surface area contributed by atoms with Gasteiger partial charge in [0.25, 0.3) is 0 Å². The molecule has 0 unspecified atom stereocenters. The maximum absolute atomic E-state index is 12.4. The number of ether oxygens (including phenoxy) is 2. The average molecular weight is 344 g/mol. The van der Waals surface area contributed by atoms with Crippen molar-refractivity contribution >= 4 is 29.4 Å². The molecule has 3 amide bonds. The van der Waals surface area contributed by atoms with E-state index in [0.717, 1.165) is 4.90 Å². The highest BCUT2D eigenvalue weighted by Gasteiger charge is 2.27. The molecule has 0 fully saturated rings. The topological polar surface area (TPSA) is 93.9 Å². The predicted octanol–water partition coefficient (Wildman–Crippen LogP) is 3.08. The van der Waals surface area contributed by atoms with Gasteiger partial charge in [-0.2, -0.15) is 0 Å². The Labute approximate surface area is 140 Å². The van der Waals surface area contributed by atoms with Crippen LogP contribution in [0.2, 0.25) is 5.02 Å². The maximum Gasteiger partial charge on any atom is 0.418 e. The lowest BCUT2D eigenvalue weighted by Gasteiger charge is -2.26. The highest BCUT2D eigenvalue weighted by Crippen LogP contribution is 2.28. The summed E-state index contributed by atoms with van der Waals surface area (Å²) in [5.41, 5.74) is 5.09. The summed E-state index contributed by atoms with van der Waals surface area (Å²) in [5, 5.41) is 3.00. The quantitative estimate of drug-likeness (QED) is 0.876. The molecule has 0 saturated heterocycles. The number of methoxy groups -OCH3 is 1. The van der Waals surface area contributed by atoms with Crippen LogP contribution < -0.4 is 15.8 Å². The largest absolute Gasteiger partial charge is 0.495 e. The van der Waals surface area contributed by atoms with E-state index >= 15 is 0 Å². The summed E-state index contributed by atoms with van der Waals surface area (Å²) >= 11 is 5.92. The van der Waals surface area contributed by atoms with Gasteiger partial charge >= 0.3 is 12.1 Å². The predicted molar refractivity (Wildman–Crippen MR) is 89.0 cm³/mol. The number of nitrogens with two attached hydrogens (primary N) is 1. The zero-order chi connectivity index (χ0) is 17.6. The summed E-state index contributed by atoms with van der Waals surface area (Å²) in [7, 11) is 1.46. The number of benzene rings is 1. The molecule has 128 valence electrons. The Kier molecular flexibility index (Phi) is 6.65. The number of nitrogens with zero attached hydrogens (tertiary/aromatic N) is 1. The third kappa shape index (κ3) is 5.96. The summed E-state index contributed by atoms with van der Waals surface area (Å²) in [6.45, 7) is 5.26. The molecule has 0 atom stereocenters. The van der Waals surface area contributed by atoms with Crippen LogP contribution >= 0.6 is 11.6 Å². The lowest BCUT2D eigenvalue weighted by Crippen LogP contribution is -2.45. The Bertz CT molecular complexity index is 572. The van der Waals surface area contributed by atoms with Crippen LogP contribution in [0.5, 0.6) is 5.75 Å². The van der Waals surface area contributed by atoms with E-state index < -0.39 is 17.7 Å². The van der Waals surface area contributed by atoms with Gasteiger partial charge in [-0.15, -0.1) is 0 Å². The van der Waals surface area contributed by atoms with Crippen LogP contribution in [-0.2, 0) is 4.74 Å². The Balaban J connectivity index is 2.94. The van der Waals surface area contributed by atoms with Gasteiger partial charge < -0.3 is 20.5 Å². The fourth-order valence-electron chi connectivity index (χ4n) is 1.68. The van der Waals surface area contributed by atoms with E-state index in [1.807, 2.05) is 0 Å². The number of hydrogen-bond donors (Lipinski definition) is 2. The molecule has 0 aliphatic rings. The molecule has 0 saturated carbocycles. The average Bonchev–Trinajstić information content (AvgIpc) is 2.42. The first-order valence-corrected chi connectivity index (χ1v) is 7.41. The van der Waals surface area contributed by atoms with Crippen LogP contribution in [0.15, 0.2) is 18.2 Å². The van der Waals surface area contributed by atoms with Crippen molar-refractivity contribution in [2.45, 2.75) is 26.4 Å². The zero-order valence-corrected chi connectivity index (χ0v) is 14.4. The molecule has 0 aliphatic heterocycles. The van der Waals surface area contributed by atoms with Crippen molar-refractivity contribution < 1.29 is 19.1 Å². The highest BCUT2D eigenvalue weighted by molar-refractivity contribution is 6.31. The van der Waals surface area contributed by atoms with Gasteiger partial charge in [-0.05, 0) is 39.0 Å². The lowest BCUT2D eigenvalue weighted by atomic mass is 10.2. The molecule has 1 rings (SSSR count). The molecule has 8 heteroatoms. The third-order valence-electron chi connectivity index (χ3n) is 2.61. The Hall–Kier alpha value is -1.99. The number of carbonyl (C=O) groups is 2. The Morgan fingerprint density at radius 1 is 1.35 bits per heavy atom. The van der Waals surface area contributed by atoms with E-state index in [4.69, 9.17) is 26.8 Å². The molecular weight excluding hydrogens is 322 g/mol. The first kappa shape index (κ1) is 19.1.